The van der Waals surface area contributed by atoms with E-state index in [2.05, 4.69) is 15.0 Å². The molecule has 0 atom stereocenters. The van der Waals surface area contributed by atoms with Crippen molar-refractivity contribution in [3.63, 3.8) is 0 Å². The Hall–Kier alpha value is -1.27. The van der Waals surface area contributed by atoms with Gasteiger partial charge in [-0.15, -0.1) is 0 Å². The second-order valence-electron chi connectivity index (χ2n) is 5.98. The van der Waals surface area contributed by atoms with E-state index in [1.54, 1.807) is 18.2 Å². The minimum Gasteiger partial charge on any atom is -0.491 e. The zero-order valence-electron chi connectivity index (χ0n) is 13.7. The maximum absolute atomic E-state index is 6.10. The molecule has 0 bridgehead atoms. The van der Waals surface area contributed by atoms with Gasteiger partial charge < -0.3 is 9.26 Å². The van der Waals surface area contributed by atoms with Crippen LogP contribution in [0.4, 0.5) is 0 Å². The van der Waals surface area contributed by atoms with Gasteiger partial charge in [-0.2, -0.15) is 0 Å². The Morgan fingerprint density at radius 1 is 1.12 bits per heavy atom. The van der Waals surface area contributed by atoms with Crippen LogP contribution in [0.25, 0.3) is 0 Å². The van der Waals surface area contributed by atoms with E-state index in [9.17, 15) is 0 Å². The second kappa shape index (κ2) is 8.21. The van der Waals surface area contributed by atoms with Crippen LogP contribution in [0.3, 0.4) is 0 Å². The van der Waals surface area contributed by atoms with E-state index >= 15 is 0 Å². The van der Waals surface area contributed by atoms with Crippen LogP contribution >= 0.6 is 23.2 Å². The van der Waals surface area contributed by atoms with Crippen LogP contribution in [0.5, 0.6) is 5.75 Å². The smallest absolute Gasteiger partial charge is 0.150 e. The van der Waals surface area contributed by atoms with E-state index in [-0.39, 0.29) is 0 Å². The lowest BCUT2D eigenvalue weighted by atomic mass is 10.3. The minimum atomic E-state index is 0.589. The lowest BCUT2D eigenvalue weighted by Gasteiger charge is -2.33. The lowest BCUT2D eigenvalue weighted by molar-refractivity contribution is 0.106. The fourth-order valence-corrected chi connectivity index (χ4v) is 3.09. The topological polar surface area (TPSA) is 41.7 Å². The van der Waals surface area contributed by atoms with Gasteiger partial charge in [0.2, 0.25) is 0 Å². The predicted octanol–water partition coefficient (Wildman–Crippen LogP) is 3.49. The van der Waals surface area contributed by atoms with Gasteiger partial charge in [-0.3, -0.25) is 9.80 Å². The summed E-state index contributed by atoms with van der Waals surface area (Å²) in [5.74, 6) is 1.57. The van der Waals surface area contributed by atoms with Crippen LogP contribution in [0, 0.1) is 6.92 Å². The first-order chi connectivity index (χ1) is 11.6. The van der Waals surface area contributed by atoms with Crippen LogP contribution in [0.1, 0.15) is 11.5 Å². The molecule has 3 rings (SSSR count). The van der Waals surface area contributed by atoms with Crippen LogP contribution in [-0.4, -0.2) is 54.3 Å². The van der Waals surface area contributed by atoms with Crippen LogP contribution in [0.15, 0.2) is 28.8 Å². The molecule has 130 valence electrons. The van der Waals surface area contributed by atoms with Gasteiger partial charge in [-0.05, 0) is 19.1 Å². The molecule has 0 aliphatic carbocycles. The molecule has 2 heterocycles. The van der Waals surface area contributed by atoms with Gasteiger partial charge in [-0.25, -0.2) is 0 Å². The normalized spacial score (nSPS) is 16.5. The number of nitrogens with zero attached hydrogens (tertiary/aromatic N) is 3. The molecule has 1 fully saturated rings. The fourth-order valence-electron chi connectivity index (χ4n) is 2.75. The number of aromatic nitrogens is 1. The summed E-state index contributed by atoms with van der Waals surface area (Å²) in [4.78, 5) is 4.77. The van der Waals surface area contributed by atoms with E-state index in [0.717, 1.165) is 50.7 Å². The third-order valence-electron chi connectivity index (χ3n) is 4.08. The second-order valence-corrected chi connectivity index (χ2v) is 6.82. The number of hydrogen-bond acceptors (Lipinski definition) is 5. The van der Waals surface area contributed by atoms with Gasteiger partial charge in [0.25, 0.3) is 0 Å². The summed E-state index contributed by atoms with van der Waals surface area (Å²) in [5.41, 5.74) is 0.931. The van der Waals surface area contributed by atoms with Crippen molar-refractivity contribution in [1.29, 1.82) is 0 Å². The van der Waals surface area contributed by atoms with Gasteiger partial charge in [0, 0.05) is 49.9 Å². The van der Waals surface area contributed by atoms with E-state index in [1.165, 1.54) is 0 Å². The van der Waals surface area contributed by atoms with Crippen LogP contribution < -0.4 is 4.74 Å². The summed E-state index contributed by atoms with van der Waals surface area (Å²) in [5, 5.41) is 5.15. The first-order valence-electron chi connectivity index (χ1n) is 8.05. The van der Waals surface area contributed by atoms with E-state index in [4.69, 9.17) is 32.5 Å². The number of ether oxygens (including phenoxy) is 1. The van der Waals surface area contributed by atoms with Crippen molar-refractivity contribution in [2.24, 2.45) is 0 Å². The molecule has 5 nitrogen and oxygen atoms in total. The van der Waals surface area contributed by atoms with Crippen molar-refractivity contribution in [3.8, 4) is 5.75 Å². The summed E-state index contributed by atoms with van der Waals surface area (Å²) >= 11 is 12.1. The molecular weight excluding hydrogens is 349 g/mol. The maximum Gasteiger partial charge on any atom is 0.150 e. The SMILES string of the molecule is Cc1cc(CN2CCN(CCOc3cc(Cl)ccc3Cl)CC2)on1. The molecule has 1 aromatic carbocycles. The number of rotatable bonds is 6. The Kier molecular flexibility index (Phi) is 6.00. The highest BCUT2D eigenvalue weighted by Gasteiger charge is 2.18. The molecule has 0 saturated carbocycles. The molecule has 0 spiro atoms. The van der Waals surface area contributed by atoms with Crippen molar-refractivity contribution < 1.29 is 9.26 Å². The minimum absolute atomic E-state index is 0.589. The molecule has 7 heteroatoms. The van der Waals surface area contributed by atoms with Gasteiger partial charge in [0.05, 0.1) is 17.3 Å². The first-order valence-corrected chi connectivity index (χ1v) is 8.80. The molecule has 2 aromatic rings. The molecule has 24 heavy (non-hydrogen) atoms. The lowest BCUT2D eigenvalue weighted by Crippen LogP contribution is -2.46. The summed E-state index contributed by atoms with van der Waals surface area (Å²) in [6.45, 7) is 8.29. The molecule has 1 aliphatic heterocycles. The monoisotopic (exact) mass is 369 g/mol. The fraction of sp³-hybridized carbons (Fsp3) is 0.471. The van der Waals surface area contributed by atoms with Crippen molar-refractivity contribution in [1.82, 2.24) is 15.0 Å². The van der Waals surface area contributed by atoms with Crippen molar-refractivity contribution >= 4 is 23.2 Å². The highest BCUT2D eigenvalue weighted by atomic mass is 35.5. The number of hydrogen-bond donors (Lipinski definition) is 0. The van der Waals surface area contributed by atoms with Crippen LogP contribution in [0.2, 0.25) is 10.0 Å². The Morgan fingerprint density at radius 2 is 1.88 bits per heavy atom. The summed E-state index contributed by atoms with van der Waals surface area (Å²) in [7, 11) is 0. The van der Waals surface area contributed by atoms with E-state index in [0.29, 0.717) is 22.4 Å². The van der Waals surface area contributed by atoms with E-state index < -0.39 is 0 Å². The van der Waals surface area contributed by atoms with Crippen molar-refractivity contribution in [2.75, 3.05) is 39.3 Å². The molecular formula is C17H21Cl2N3O2. The highest BCUT2D eigenvalue weighted by molar-refractivity contribution is 6.34. The Balaban J connectivity index is 1.38. The van der Waals surface area contributed by atoms with Gasteiger partial charge >= 0.3 is 0 Å². The predicted molar refractivity (Wildman–Crippen MR) is 94.9 cm³/mol. The Bertz CT molecular complexity index is 670. The summed E-state index contributed by atoms with van der Waals surface area (Å²) in [6, 6.07) is 7.26. The molecule has 1 aliphatic rings. The molecule has 1 aromatic heterocycles. The maximum atomic E-state index is 6.10. The zero-order chi connectivity index (χ0) is 16.9. The summed E-state index contributed by atoms with van der Waals surface area (Å²) in [6.07, 6.45) is 0. The van der Waals surface area contributed by atoms with Gasteiger partial charge in [-0.1, -0.05) is 28.4 Å². The quantitative estimate of drug-likeness (QED) is 0.779. The molecule has 0 radical (unpaired) electrons. The number of piperazine rings is 1. The molecule has 0 amide bonds. The molecule has 1 saturated heterocycles. The highest BCUT2D eigenvalue weighted by Crippen LogP contribution is 2.27. The Morgan fingerprint density at radius 3 is 2.58 bits per heavy atom. The summed E-state index contributed by atoms with van der Waals surface area (Å²) < 4.78 is 11.0. The third kappa shape index (κ3) is 4.86. The van der Waals surface area contributed by atoms with Crippen molar-refractivity contribution in [3.05, 3.63) is 45.8 Å². The average Bonchev–Trinajstić information content (AvgIpc) is 2.97. The van der Waals surface area contributed by atoms with Gasteiger partial charge in [0.1, 0.15) is 12.4 Å². The van der Waals surface area contributed by atoms with Crippen LogP contribution in [-0.2, 0) is 6.54 Å². The standard InChI is InChI=1S/C17H21Cl2N3O2/c1-13-10-15(24-20-13)12-22-6-4-21(5-7-22)8-9-23-17-11-14(18)2-3-16(17)19/h2-3,10-11H,4-9,12H2,1H3. The first kappa shape index (κ1) is 17.5. The third-order valence-corrected chi connectivity index (χ3v) is 4.63. The average molecular weight is 370 g/mol. The Labute approximate surface area is 152 Å². The molecule has 0 unspecified atom stereocenters. The zero-order valence-corrected chi connectivity index (χ0v) is 15.2. The van der Waals surface area contributed by atoms with E-state index in [1.807, 2.05) is 13.0 Å². The number of halogens is 2. The molecule has 0 N–H and O–H groups in total. The van der Waals surface area contributed by atoms with Crippen molar-refractivity contribution in [2.45, 2.75) is 13.5 Å². The number of benzene rings is 1. The van der Waals surface area contributed by atoms with Gasteiger partial charge in [0.15, 0.2) is 5.76 Å². The largest absolute Gasteiger partial charge is 0.491 e. The number of aryl methyl sites for hydroxylation is 1.